The van der Waals surface area contributed by atoms with E-state index in [9.17, 15) is 9.13 Å². The zero-order valence-corrected chi connectivity index (χ0v) is 13.1. The summed E-state index contributed by atoms with van der Waals surface area (Å²) in [5, 5.41) is 8.47. The van der Waals surface area contributed by atoms with E-state index in [1.165, 1.54) is 0 Å². The smallest absolute Gasteiger partial charge is 1.00 e. The third-order valence-electron chi connectivity index (χ3n) is 0.789. The zero-order chi connectivity index (χ0) is 9.28. The van der Waals surface area contributed by atoms with Crippen LogP contribution in [0.2, 0.25) is 0 Å². The van der Waals surface area contributed by atoms with Crippen molar-refractivity contribution in [2.75, 3.05) is 6.16 Å². The van der Waals surface area contributed by atoms with Crippen LogP contribution >= 0.6 is 15.2 Å². The van der Waals surface area contributed by atoms with Crippen LogP contribution in [0.1, 0.15) is 0 Å². The number of hydrogen-bond donors (Lipinski definition) is 5. The molecule has 0 bridgehead atoms. The molecular formula is C2H8BrKO7P2. The Balaban J connectivity index is -0.000000500. The van der Waals surface area contributed by atoms with Crippen LogP contribution in [-0.4, -0.2) is 36.7 Å². The minimum absolute atomic E-state index is 0. The maximum Gasteiger partial charge on any atom is 1.00 e. The molecule has 0 rings (SSSR count). The molecule has 0 spiro atoms. The van der Waals surface area contributed by atoms with Crippen molar-refractivity contribution in [3.05, 3.63) is 0 Å². The van der Waals surface area contributed by atoms with E-state index in [1.807, 2.05) is 0 Å². The van der Waals surface area contributed by atoms with Crippen LogP contribution in [0, 0.1) is 0 Å². The topological polar surface area (TPSA) is 135 Å². The first kappa shape index (κ1) is 20.7. The van der Waals surface area contributed by atoms with Crippen LogP contribution in [0.25, 0.3) is 0 Å². The molecule has 0 aliphatic carbocycles. The van der Waals surface area contributed by atoms with E-state index in [-0.39, 0.29) is 68.4 Å². The average molecular weight is 325 g/mol. The monoisotopic (exact) mass is 324 g/mol. The molecule has 76 valence electrons. The Hall–Kier alpha value is 2.38. The molecule has 5 N–H and O–H groups in total. The van der Waals surface area contributed by atoms with Crippen LogP contribution in [0.4, 0.5) is 0 Å². The van der Waals surface area contributed by atoms with Crippen molar-refractivity contribution in [3.63, 3.8) is 0 Å². The fourth-order valence-electron chi connectivity index (χ4n) is 0.319. The quantitative estimate of drug-likeness (QED) is 0.257. The van der Waals surface area contributed by atoms with E-state index in [1.54, 1.807) is 0 Å². The van der Waals surface area contributed by atoms with Gasteiger partial charge in [0.25, 0.3) is 0 Å². The van der Waals surface area contributed by atoms with E-state index in [4.69, 9.17) is 24.7 Å². The summed E-state index contributed by atoms with van der Waals surface area (Å²) in [6, 6.07) is 0. The Morgan fingerprint density at radius 1 is 1.08 bits per heavy atom. The number of rotatable bonds is 3. The molecule has 0 aliphatic heterocycles. The van der Waals surface area contributed by atoms with E-state index in [0.717, 1.165) is 0 Å². The minimum Gasteiger partial charge on any atom is -1.00 e. The average Bonchev–Trinajstić information content (AvgIpc) is 1.56. The molecule has 0 saturated heterocycles. The van der Waals surface area contributed by atoms with Gasteiger partial charge in [-0.05, 0) is 0 Å². The van der Waals surface area contributed by atoms with Gasteiger partial charge in [0.2, 0.25) is 0 Å². The van der Waals surface area contributed by atoms with E-state index in [0.29, 0.717) is 0 Å². The molecule has 0 aromatic rings. The molecule has 0 aromatic heterocycles. The van der Waals surface area contributed by atoms with Crippen LogP contribution in [0.15, 0.2) is 0 Å². The fraction of sp³-hybridized carbons (Fsp3) is 1.00. The molecule has 0 amide bonds. The Labute approximate surface area is 127 Å². The van der Waals surface area contributed by atoms with Gasteiger partial charge in [-0.25, -0.2) is 0 Å². The van der Waals surface area contributed by atoms with Gasteiger partial charge < -0.3 is 41.7 Å². The Morgan fingerprint density at radius 2 is 1.38 bits per heavy atom. The van der Waals surface area contributed by atoms with Gasteiger partial charge in [0.1, 0.15) is 0 Å². The third kappa shape index (κ3) is 12.3. The first-order valence-corrected chi connectivity index (χ1v) is 5.89. The molecule has 7 nitrogen and oxygen atoms in total. The molecule has 0 aliphatic rings. The van der Waals surface area contributed by atoms with Crippen molar-refractivity contribution in [2.45, 2.75) is 5.85 Å². The fourth-order valence-corrected chi connectivity index (χ4v) is 2.23. The van der Waals surface area contributed by atoms with Crippen molar-refractivity contribution < 1.29 is 102 Å². The second kappa shape index (κ2) is 7.62. The van der Waals surface area contributed by atoms with Crippen LogP contribution in [-0.2, 0) is 9.13 Å². The predicted molar refractivity (Wildman–Crippen MR) is 35.0 cm³/mol. The molecule has 13 heavy (non-hydrogen) atoms. The summed E-state index contributed by atoms with van der Waals surface area (Å²) in [7, 11) is -9.35. The van der Waals surface area contributed by atoms with Crippen molar-refractivity contribution >= 4 is 15.2 Å². The SMILES string of the molecule is O=P(O)(O)CC(O)P(=O)(O)O.[Br-].[K+]. The number of hydrogen-bond acceptors (Lipinski definition) is 3. The summed E-state index contributed by atoms with van der Waals surface area (Å²) < 4.78 is 20.2. The summed E-state index contributed by atoms with van der Waals surface area (Å²) in [4.78, 5) is 32.7. The molecule has 1 unspecified atom stereocenters. The molecule has 11 heteroatoms. The zero-order valence-electron chi connectivity index (χ0n) is 6.61. The number of halogens is 1. The first-order chi connectivity index (χ1) is 4.63. The van der Waals surface area contributed by atoms with Crippen molar-refractivity contribution in [1.29, 1.82) is 0 Å². The van der Waals surface area contributed by atoms with E-state index < -0.39 is 27.2 Å². The second-order valence-corrected chi connectivity index (χ2v) is 5.39. The summed E-state index contributed by atoms with van der Waals surface area (Å²) in [5.74, 6) is -2.29. The summed E-state index contributed by atoms with van der Waals surface area (Å²) in [6.45, 7) is 0. The Kier molecular flexibility index (Phi) is 12.2. The maximum absolute atomic E-state index is 10.1. The summed E-state index contributed by atoms with van der Waals surface area (Å²) >= 11 is 0. The molecule has 0 radical (unpaired) electrons. The molecule has 0 aromatic carbocycles. The number of aliphatic hydroxyl groups is 1. The second-order valence-electron chi connectivity index (χ2n) is 1.92. The van der Waals surface area contributed by atoms with Crippen molar-refractivity contribution in [3.8, 4) is 0 Å². The third-order valence-corrected chi connectivity index (χ3v) is 2.86. The summed E-state index contributed by atoms with van der Waals surface area (Å²) in [6.07, 6.45) is -1.22. The normalized spacial score (nSPS) is 13.9. The van der Waals surface area contributed by atoms with Gasteiger partial charge in [0.05, 0.1) is 6.16 Å². The first-order valence-electron chi connectivity index (χ1n) is 2.41. The molecule has 0 heterocycles. The van der Waals surface area contributed by atoms with Crippen molar-refractivity contribution in [2.24, 2.45) is 0 Å². The maximum atomic E-state index is 10.1. The van der Waals surface area contributed by atoms with Gasteiger partial charge in [-0.15, -0.1) is 0 Å². The van der Waals surface area contributed by atoms with Crippen LogP contribution in [0.3, 0.4) is 0 Å². The minimum atomic E-state index is -4.79. The van der Waals surface area contributed by atoms with Gasteiger partial charge in [-0.1, -0.05) is 0 Å². The molecule has 1 atom stereocenters. The van der Waals surface area contributed by atoms with E-state index >= 15 is 0 Å². The molecule has 0 saturated carbocycles. The van der Waals surface area contributed by atoms with E-state index in [2.05, 4.69) is 0 Å². The van der Waals surface area contributed by atoms with Crippen LogP contribution in [0.5, 0.6) is 0 Å². The standard InChI is InChI=1S/C2H8O7P2.BrH.K/c3-2(11(7,8)9)1-10(4,5)6;;/h2-3H,1H2,(H2,4,5,6)(H2,7,8,9);1H;/q;;+1/p-1. The van der Waals surface area contributed by atoms with Crippen molar-refractivity contribution in [1.82, 2.24) is 0 Å². The molecular weight excluding hydrogens is 317 g/mol. The summed E-state index contributed by atoms with van der Waals surface area (Å²) in [5.41, 5.74) is 0. The van der Waals surface area contributed by atoms with Gasteiger partial charge in [0, 0.05) is 0 Å². The van der Waals surface area contributed by atoms with Crippen LogP contribution < -0.4 is 68.4 Å². The van der Waals surface area contributed by atoms with Gasteiger partial charge in [0.15, 0.2) is 5.85 Å². The predicted octanol–water partition coefficient (Wildman–Crippen LogP) is -7.33. The Bertz CT molecular complexity index is 221. The largest absolute Gasteiger partial charge is 1.00 e. The Morgan fingerprint density at radius 3 is 1.46 bits per heavy atom. The number of aliphatic hydroxyl groups excluding tert-OH is 1. The molecule has 0 fully saturated rings. The van der Waals surface area contributed by atoms with Gasteiger partial charge in [-0.3, -0.25) is 9.13 Å². The van der Waals surface area contributed by atoms with Gasteiger partial charge in [-0.2, -0.15) is 0 Å². The van der Waals surface area contributed by atoms with Gasteiger partial charge >= 0.3 is 66.6 Å².